The molecule has 1 aromatic rings. The van der Waals surface area contributed by atoms with Gasteiger partial charge in [0, 0.05) is 0 Å². The van der Waals surface area contributed by atoms with Gasteiger partial charge in [-0.2, -0.15) is 5.48 Å². The first-order chi connectivity index (χ1) is 9.78. The maximum absolute atomic E-state index is 11.9. The van der Waals surface area contributed by atoms with E-state index < -0.39 is 30.0 Å². The zero-order valence-electron chi connectivity index (χ0n) is 12.5. The van der Waals surface area contributed by atoms with Gasteiger partial charge < -0.3 is 9.84 Å². The van der Waals surface area contributed by atoms with Gasteiger partial charge in [-0.1, -0.05) is 30.3 Å². The minimum Gasteiger partial charge on any atom is -0.481 e. The summed E-state index contributed by atoms with van der Waals surface area (Å²) in [6.07, 6.45) is -0.413. The van der Waals surface area contributed by atoms with E-state index in [4.69, 9.17) is 14.7 Å². The fourth-order valence-corrected chi connectivity index (χ4v) is 1.42. The number of esters is 1. The molecule has 0 aliphatic carbocycles. The number of carbonyl (C=O) groups is 2. The minimum atomic E-state index is -1.11. The van der Waals surface area contributed by atoms with Crippen LogP contribution in [-0.2, 0) is 25.8 Å². The van der Waals surface area contributed by atoms with Gasteiger partial charge in [-0.15, -0.1) is 0 Å². The van der Waals surface area contributed by atoms with E-state index in [1.54, 1.807) is 20.8 Å². The fraction of sp³-hybridized carbons (Fsp3) is 0.467. The van der Waals surface area contributed by atoms with Gasteiger partial charge in [0.15, 0.2) is 0 Å². The number of ether oxygens (including phenoxy) is 1. The van der Waals surface area contributed by atoms with Crippen LogP contribution in [0.4, 0.5) is 0 Å². The van der Waals surface area contributed by atoms with Crippen molar-refractivity contribution in [3.63, 3.8) is 0 Å². The molecule has 116 valence electrons. The molecular formula is C15H21NO5. The summed E-state index contributed by atoms with van der Waals surface area (Å²) in [6.45, 7) is 5.44. The molecule has 6 nitrogen and oxygen atoms in total. The van der Waals surface area contributed by atoms with E-state index in [1.807, 2.05) is 30.3 Å². The lowest BCUT2D eigenvalue weighted by atomic mass is 10.2. The first-order valence-corrected chi connectivity index (χ1v) is 6.64. The molecule has 1 aromatic carbocycles. The normalized spacial score (nSPS) is 12.7. The molecule has 1 rings (SSSR count). The number of aliphatic carboxylic acids is 1. The Morgan fingerprint density at radius 2 is 1.86 bits per heavy atom. The van der Waals surface area contributed by atoms with E-state index in [1.165, 1.54) is 0 Å². The van der Waals surface area contributed by atoms with Crippen LogP contribution in [0, 0.1) is 0 Å². The van der Waals surface area contributed by atoms with Crippen LogP contribution < -0.4 is 5.48 Å². The Hall–Kier alpha value is -1.92. The highest BCUT2D eigenvalue weighted by atomic mass is 16.7. The lowest BCUT2D eigenvalue weighted by Crippen LogP contribution is -2.43. The number of carboxylic acids is 1. The van der Waals surface area contributed by atoms with E-state index in [0.29, 0.717) is 0 Å². The molecule has 21 heavy (non-hydrogen) atoms. The molecule has 6 heteroatoms. The number of carboxylic acid groups (broad SMARTS) is 1. The second-order valence-corrected chi connectivity index (χ2v) is 5.58. The van der Waals surface area contributed by atoms with Gasteiger partial charge in [-0.05, 0) is 26.3 Å². The molecular weight excluding hydrogens is 274 g/mol. The van der Waals surface area contributed by atoms with Crippen molar-refractivity contribution in [1.82, 2.24) is 5.48 Å². The predicted molar refractivity (Wildman–Crippen MR) is 76.3 cm³/mol. The molecule has 0 aliphatic rings. The van der Waals surface area contributed by atoms with Crippen molar-refractivity contribution in [3.05, 3.63) is 35.9 Å². The summed E-state index contributed by atoms with van der Waals surface area (Å²) in [4.78, 5) is 28.0. The first-order valence-electron chi connectivity index (χ1n) is 6.64. The summed E-state index contributed by atoms with van der Waals surface area (Å²) in [7, 11) is 0. The lowest BCUT2D eigenvalue weighted by molar-refractivity contribution is -0.162. The number of hydroxylamine groups is 1. The van der Waals surface area contributed by atoms with E-state index in [2.05, 4.69) is 5.48 Å². The number of nitrogens with one attached hydrogen (secondary N) is 1. The SMILES string of the molecule is CC(C)(C)ONC(CC(=O)O)C(=O)OCc1ccccc1. The second-order valence-electron chi connectivity index (χ2n) is 5.58. The molecule has 0 amide bonds. The monoisotopic (exact) mass is 295 g/mol. The molecule has 0 bridgehead atoms. The average Bonchev–Trinajstić information content (AvgIpc) is 2.40. The molecule has 0 saturated heterocycles. The number of hydrogen-bond donors (Lipinski definition) is 2. The van der Waals surface area contributed by atoms with Gasteiger partial charge in [0.1, 0.15) is 12.6 Å². The fourth-order valence-electron chi connectivity index (χ4n) is 1.42. The van der Waals surface area contributed by atoms with E-state index >= 15 is 0 Å². The van der Waals surface area contributed by atoms with Crippen LogP contribution in [0.1, 0.15) is 32.8 Å². The van der Waals surface area contributed by atoms with Gasteiger partial charge in [0.2, 0.25) is 0 Å². The third-order valence-electron chi connectivity index (χ3n) is 2.39. The zero-order chi connectivity index (χ0) is 15.9. The maximum Gasteiger partial charge on any atom is 0.326 e. The number of benzene rings is 1. The summed E-state index contributed by atoms with van der Waals surface area (Å²) in [5, 5.41) is 8.84. The molecule has 0 saturated carbocycles. The average molecular weight is 295 g/mol. The van der Waals surface area contributed by atoms with E-state index in [0.717, 1.165) is 5.56 Å². The van der Waals surface area contributed by atoms with Crippen molar-refractivity contribution < 1.29 is 24.3 Å². The summed E-state index contributed by atoms with van der Waals surface area (Å²) in [6, 6.07) is 8.11. The molecule has 1 unspecified atom stereocenters. The summed E-state index contributed by atoms with van der Waals surface area (Å²) in [5.41, 5.74) is 2.76. The van der Waals surface area contributed by atoms with Crippen LogP contribution in [0.5, 0.6) is 0 Å². The topological polar surface area (TPSA) is 84.9 Å². The van der Waals surface area contributed by atoms with Gasteiger partial charge in [-0.3, -0.25) is 14.4 Å². The molecule has 0 aromatic heterocycles. The minimum absolute atomic E-state index is 0.0903. The van der Waals surface area contributed by atoms with Crippen LogP contribution >= 0.6 is 0 Å². The molecule has 0 fully saturated rings. The Labute approximate surface area is 124 Å². The Bertz CT molecular complexity index is 467. The second kappa shape index (κ2) is 7.75. The van der Waals surface area contributed by atoms with Crippen LogP contribution in [-0.4, -0.2) is 28.7 Å². The van der Waals surface area contributed by atoms with E-state index in [-0.39, 0.29) is 6.61 Å². The van der Waals surface area contributed by atoms with Crippen molar-refractivity contribution in [3.8, 4) is 0 Å². The van der Waals surface area contributed by atoms with Crippen LogP contribution in [0.3, 0.4) is 0 Å². The Balaban J connectivity index is 2.56. The standard InChI is InChI=1S/C15H21NO5/c1-15(2,3)21-16-12(9-13(17)18)14(19)20-10-11-7-5-4-6-8-11/h4-8,12,16H,9-10H2,1-3H3,(H,17,18). The predicted octanol–water partition coefficient (Wildman–Crippen LogP) is 1.89. The number of carbonyl (C=O) groups excluding carboxylic acids is 1. The van der Waals surface area contributed by atoms with Crippen molar-refractivity contribution in [2.45, 2.75) is 45.4 Å². The first kappa shape index (κ1) is 17.1. The van der Waals surface area contributed by atoms with Gasteiger partial charge >= 0.3 is 11.9 Å². The third kappa shape index (κ3) is 7.43. The van der Waals surface area contributed by atoms with Crippen LogP contribution in [0.15, 0.2) is 30.3 Å². The largest absolute Gasteiger partial charge is 0.481 e. The Morgan fingerprint density at radius 1 is 1.24 bits per heavy atom. The highest BCUT2D eigenvalue weighted by molar-refractivity contribution is 5.81. The quantitative estimate of drug-likeness (QED) is 0.590. The van der Waals surface area contributed by atoms with E-state index in [9.17, 15) is 9.59 Å². The highest BCUT2D eigenvalue weighted by Crippen LogP contribution is 2.08. The summed E-state index contributed by atoms with van der Waals surface area (Å²) >= 11 is 0. The number of rotatable bonds is 7. The Kier molecular flexibility index (Phi) is 6.33. The van der Waals surface area contributed by atoms with Gasteiger partial charge in [0.05, 0.1) is 12.0 Å². The molecule has 2 N–H and O–H groups in total. The molecule has 0 spiro atoms. The summed E-state index contributed by atoms with van der Waals surface area (Å²) in [5.74, 6) is -1.77. The maximum atomic E-state index is 11.9. The lowest BCUT2D eigenvalue weighted by Gasteiger charge is -2.23. The Morgan fingerprint density at radius 3 is 2.38 bits per heavy atom. The highest BCUT2D eigenvalue weighted by Gasteiger charge is 2.25. The van der Waals surface area contributed by atoms with Crippen molar-refractivity contribution in [2.75, 3.05) is 0 Å². The molecule has 0 radical (unpaired) electrons. The van der Waals surface area contributed by atoms with Gasteiger partial charge in [0.25, 0.3) is 0 Å². The molecule has 0 aliphatic heterocycles. The zero-order valence-corrected chi connectivity index (χ0v) is 12.5. The third-order valence-corrected chi connectivity index (χ3v) is 2.39. The number of hydrogen-bond acceptors (Lipinski definition) is 5. The van der Waals surface area contributed by atoms with Crippen LogP contribution in [0.2, 0.25) is 0 Å². The van der Waals surface area contributed by atoms with Crippen molar-refractivity contribution >= 4 is 11.9 Å². The van der Waals surface area contributed by atoms with Gasteiger partial charge in [-0.25, -0.2) is 0 Å². The van der Waals surface area contributed by atoms with Crippen LogP contribution in [0.25, 0.3) is 0 Å². The molecule has 1 atom stereocenters. The smallest absolute Gasteiger partial charge is 0.326 e. The van der Waals surface area contributed by atoms with Crippen molar-refractivity contribution in [2.24, 2.45) is 0 Å². The molecule has 0 heterocycles. The summed E-state index contributed by atoms with van der Waals surface area (Å²) < 4.78 is 5.11. The van der Waals surface area contributed by atoms with Crippen molar-refractivity contribution in [1.29, 1.82) is 0 Å².